The summed E-state index contributed by atoms with van der Waals surface area (Å²) in [6, 6.07) is 0. The highest BCUT2D eigenvalue weighted by Gasteiger charge is 2.70. The maximum atomic E-state index is 12.1. The quantitative estimate of drug-likeness (QED) is 0.106. The third-order valence-electron chi connectivity index (χ3n) is 18.8. The van der Waals surface area contributed by atoms with E-state index in [4.69, 9.17) is 28.4 Å². The van der Waals surface area contributed by atoms with Gasteiger partial charge in [0, 0.05) is 10.8 Å². The van der Waals surface area contributed by atoms with Crippen LogP contribution in [0, 0.1) is 50.2 Å². The van der Waals surface area contributed by atoms with Crippen LogP contribution in [0.25, 0.3) is 0 Å². The smallest absolute Gasteiger partial charge is 0.187 e. The van der Waals surface area contributed by atoms with Crippen LogP contribution in [0.3, 0.4) is 0 Å². The largest absolute Gasteiger partial charge is 0.396 e. The molecule has 0 unspecified atom stereocenters. The van der Waals surface area contributed by atoms with Crippen LogP contribution in [0.2, 0.25) is 0 Å². The Balaban J connectivity index is 1.05. The minimum Gasteiger partial charge on any atom is -0.396 e. The Bertz CT molecular complexity index is 1670. The lowest BCUT2D eigenvalue weighted by molar-refractivity contribution is -0.389. The molecule has 362 valence electrons. The number of fused-ring (bicyclic) bond motifs is 7. The summed E-state index contributed by atoms with van der Waals surface area (Å²) < 4.78 is 36.2. The second kappa shape index (κ2) is 17.2. The Labute approximate surface area is 370 Å². The third-order valence-corrected chi connectivity index (χ3v) is 18.8. The van der Waals surface area contributed by atoms with E-state index in [-0.39, 0.29) is 59.2 Å². The molecule has 23 atom stereocenters. The number of aliphatic hydroxyl groups excluding tert-OH is 11. The van der Waals surface area contributed by atoms with Crippen LogP contribution in [0.1, 0.15) is 99.3 Å². The number of ether oxygens (including phenoxy) is 6. The van der Waals surface area contributed by atoms with Gasteiger partial charge in [0.05, 0.1) is 45.2 Å². The van der Waals surface area contributed by atoms with E-state index in [1.165, 1.54) is 5.57 Å². The standard InChI is InChI=1S/C46H76O17/c1-41(2)13-14-46(21-49)23(15-41)22-7-8-28-42(3)11-10-30(43(4,20-48)27(42)9-12-44(28,5)45(22,6)16-29(46)52)61-39-36(32(54)25(51)19-59-39)63-40-37(34(56)33(55)26(17-47)60-40)62-38-35(57)31(53)24(50)18-58-38/h7,23-40,47-57H,8-21H2,1-6H3/t23-,24-,25+,26-,27-,28-,29-,30+,31+,32+,33-,34+,35-,36-,37-,38+,39+,40+,42+,43+,44-,45-,46-/m1/s1. The fraction of sp³-hybridized carbons (Fsp3) is 0.957. The highest BCUT2D eigenvalue weighted by atomic mass is 16.8. The van der Waals surface area contributed by atoms with Crippen molar-refractivity contribution in [2.24, 2.45) is 50.2 Å². The van der Waals surface area contributed by atoms with E-state index in [9.17, 15) is 56.2 Å². The van der Waals surface area contributed by atoms with Crippen molar-refractivity contribution in [2.75, 3.05) is 33.0 Å². The van der Waals surface area contributed by atoms with Gasteiger partial charge in [-0.3, -0.25) is 0 Å². The average molecular weight is 901 g/mol. The molecule has 0 aromatic heterocycles. The van der Waals surface area contributed by atoms with Crippen LogP contribution in [0.5, 0.6) is 0 Å². The monoisotopic (exact) mass is 901 g/mol. The zero-order chi connectivity index (χ0) is 45.8. The fourth-order valence-corrected chi connectivity index (χ4v) is 14.7. The van der Waals surface area contributed by atoms with Gasteiger partial charge < -0.3 is 84.6 Å². The Morgan fingerprint density at radius 2 is 1.29 bits per heavy atom. The van der Waals surface area contributed by atoms with Crippen LogP contribution < -0.4 is 0 Å². The molecule has 8 aliphatic rings. The summed E-state index contributed by atoms with van der Waals surface area (Å²) in [5.74, 6) is 0.290. The van der Waals surface area contributed by atoms with Crippen molar-refractivity contribution in [2.45, 2.75) is 191 Å². The summed E-state index contributed by atoms with van der Waals surface area (Å²) in [6.07, 6.45) is -12.4. The predicted molar refractivity (Wildman–Crippen MR) is 221 cm³/mol. The molecule has 11 N–H and O–H groups in total. The van der Waals surface area contributed by atoms with Crippen LogP contribution >= 0.6 is 0 Å². The fourth-order valence-electron chi connectivity index (χ4n) is 14.7. The van der Waals surface area contributed by atoms with E-state index in [1.807, 2.05) is 6.92 Å². The Morgan fingerprint density at radius 1 is 0.635 bits per heavy atom. The van der Waals surface area contributed by atoms with Crippen LogP contribution in [-0.2, 0) is 28.4 Å². The van der Waals surface area contributed by atoms with Gasteiger partial charge in [0.15, 0.2) is 18.9 Å². The molecule has 63 heavy (non-hydrogen) atoms. The van der Waals surface area contributed by atoms with Crippen LogP contribution in [0.15, 0.2) is 11.6 Å². The van der Waals surface area contributed by atoms with Gasteiger partial charge in [-0.25, -0.2) is 0 Å². The van der Waals surface area contributed by atoms with Gasteiger partial charge >= 0.3 is 0 Å². The number of aliphatic hydroxyl groups is 11. The maximum Gasteiger partial charge on any atom is 0.187 e. The molecular formula is C46H76O17. The van der Waals surface area contributed by atoms with Crippen molar-refractivity contribution in [3.05, 3.63) is 11.6 Å². The topological polar surface area (TPSA) is 278 Å². The zero-order valence-electron chi connectivity index (χ0n) is 37.7. The third kappa shape index (κ3) is 7.54. The van der Waals surface area contributed by atoms with Gasteiger partial charge in [-0.2, -0.15) is 0 Å². The number of hydrogen-bond acceptors (Lipinski definition) is 17. The van der Waals surface area contributed by atoms with E-state index < -0.39 is 116 Å². The Kier molecular flexibility index (Phi) is 13.3. The second-order valence-electron chi connectivity index (χ2n) is 22.6. The molecular weight excluding hydrogens is 824 g/mol. The predicted octanol–water partition coefficient (Wildman–Crippen LogP) is -0.165. The molecule has 0 aromatic rings. The van der Waals surface area contributed by atoms with Gasteiger partial charge in [-0.15, -0.1) is 0 Å². The van der Waals surface area contributed by atoms with Crippen LogP contribution in [0.4, 0.5) is 0 Å². The summed E-state index contributed by atoms with van der Waals surface area (Å²) in [6.45, 7) is 12.0. The lowest BCUT2D eigenvalue weighted by Gasteiger charge is -2.72. The number of rotatable bonds is 9. The molecule has 17 nitrogen and oxygen atoms in total. The van der Waals surface area contributed by atoms with E-state index in [0.29, 0.717) is 12.8 Å². The lowest BCUT2D eigenvalue weighted by Crippen LogP contribution is -2.68. The molecule has 17 heteroatoms. The van der Waals surface area contributed by atoms with Gasteiger partial charge in [-0.05, 0) is 97.2 Å². The van der Waals surface area contributed by atoms with Crippen molar-refractivity contribution >= 4 is 0 Å². The second-order valence-corrected chi connectivity index (χ2v) is 22.6. The van der Waals surface area contributed by atoms with Gasteiger partial charge in [0.25, 0.3) is 0 Å². The molecule has 0 amide bonds. The van der Waals surface area contributed by atoms with Crippen molar-refractivity contribution in [1.82, 2.24) is 0 Å². The van der Waals surface area contributed by atoms with Crippen LogP contribution in [-0.4, -0.2) is 181 Å². The van der Waals surface area contributed by atoms with Crippen molar-refractivity contribution < 1.29 is 84.6 Å². The Hall–Kier alpha value is -0.940. The summed E-state index contributed by atoms with van der Waals surface area (Å²) in [5.41, 5.74) is -0.580. The molecule has 5 aliphatic carbocycles. The molecule has 3 heterocycles. The molecule has 8 rings (SSSR count). The molecule has 7 fully saturated rings. The number of hydrogen-bond donors (Lipinski definition) is 11. The van der Waals surface area contributed by atoms with Gasteiger partial charge in [-0.1, -0.05) is 53.2 Å². The van der Waals surface area contributed by atoms with E-state index in [2.05, 4.69) is 40.7 Å². The van der Waals surface area contributed by atoms with E-state index >= 15 is 0 Å². The first-order chi connectivity index (χ1) is 29.6. The first-order valence-electron chi connectivity index (χ1n) is 23.4. The first-order valence-corrected chi connectivity index (χ1v) is 23.4. The minimum atomic E-state index is -1.81. The normalized spacial score (nSPS) is 55.7. The summed E-state index contributed by atoms with van der Waals surface area (Å²) >= 11 is 0. The number of allylic oxidation sites excluding steroid dienone is 2. The van der Waals surface area contributed by atoms with Crippen molar-refractivity contribution in [3.8, 4) is 0 Å². The molecule has 0 spiro atoms. The zero-order valence-corrected chi connectivity index (χ0v) is 37.7. The Morgan fingerprint density at radius 3 is 1.95 bits per heavy atom. The molecule has 0 bridgehead atoms. The lowest BCUT2D eigenvalue weighted by atomic mass is 9.33. The maximum absolute atomic E-state index is 12.1. The average Bonchev–Trinajstić information content (AvgIpc) is 3.24. The summed E-state index contributed by atoms with van der Waals surface area (Å²) in [7, 11) is 0. The molecule has 0 radical (unpaired) electrons. The summed E-state index contributed by atoms with van der Waals surface area (Å²) in [5, 5.41) is 120. The van der Waals surface area contributed by atoms with Gasteiger partial charge in [0.2, 0.25) is 0 Å². The highest BCUT2D eigenvalue weighted by molar-refractivity contribution is 5.35. The molecule has 0 aromatic carbocycles. The highest BCUT2D eigenvalue weighted by Crippen LogP contribution is 2.76. The SMILES string of the molecule is CC1(C)CC[C@]2(CO)[C@H](O)C[C@]3(C)C(=CC[C@@H]4[C@@]5(C)CC[C@H](O[C@@H]6OC[C@H](O)[C@H](O)[C@H]6O[C@@H]6O[C@H](CO)[C@@H](O)[C@H](O)[C@H]6O[C@@H]6OC[C@@H](O)[C@H](O)[C@H]6O)[C@@](C)(CO)[C@@H]5CC[C@]43C)[C@H]2C1. The molecule has 4 saturated carbocycles. The van der Waals surface area contributed by atoms with E-state index in [1.54, 1.807) is 0 Å². The van der Waals surface area contributed by atoms with Crippen molar-refractivity contribution in [1.29, 1.82) is 0 Å². The van der Waals surface area contributed by atoms with E-state index in [0.717, 1.165) is 44.9 Å². The minimum absolute atomic E-state index is 0.0142. The molecule has 3 saturated heterocycles. The summed E-state index contributed by atoms with van der Waals surface area (Å²) in [4.78, 5) is 0. The van der Waals surface area contributed by atoms with Crippen molar-refractivity contribution in [3.63, 3.8) is 0 Å². The molecule has 3 aliphatic heterocycles. The first kappa shape index (κ1) is 48.5. The van der Waals surface area contributed by atoms with Gasteiger partial charge in [0.1, 0.15) is 61.0 Å².